The van der Waals surface area contributed by atoms with Crippen molar-refractivity contribution in [3.63, 3.8) is 0 Å². The van der Waals surface area contributed by atoms with Crippen molar-refractivity contribution in [1.29, 1.82) is 0 Å². The van der Waals surface area contributed by atoms with Crippen LogP contribution < -0.4 is 0 Å². The molecule has 1 saturated heterocycles. The number of hydrogen-bond acceptors (Lipinski definition) is 4. The maximum Gasteiger partial charge on any atom is 0.416 e. The lowest BCUT2D eigenvalue weighted by Crippen LogP contribution is -2.32. The Hall–Kier alpha value is -3.46. The van der Waals surface area contributed by atoms with E-state index in [4.69, 9.17) is 0 Å². The van der Waals surface area contributed by atoms with Gasteiger partial charge in [-0.3, -0.25) is 9.89 Å². The first-order valence-corrected chi connectivity index (χ1v) is 9.61. The van der Waals surface area contributed by atoms with Gasteiger partial charge in [0, 0.05) is 17.1 Å². The molecule has 0 radical (unpaired) electrons. The summed E-state index contributed by atoms with van der Waals surface area (Å²) in [6.07, 6.45) is 1.46. The molecule has 0 unspecified atom stereocenters. The maximum absolute atomic E-state index is 11.8. The second-order valence-corrected chi connectivity index (χ2v) is 6.98. The topological polar surface area (TPSA) is 77.7 Å². The molecule has 9 heteroatoms. The van der Waals surface area contributed by atoms with Gasteiger partial charge >= 0.3 is 6.18 Å². The van der Waals surface area contributed by atoms with Gasteiger partial charge in [0.2, 0.25) is 0 Å². The number of nitrogens with zero attached hydrogens (tertiary/aromatic N) is 3. The molecule has 2 N–H and O–H groups in total. The number of nitrogens with one attached hydrogen (secondary N) is 2. The van der Waals surface area contributed by atoms with Crippen LogP contribution in [-0.2, 0) is 6.18 Å². The number of H-pyrrole nitrogens is 2. The van der Waals surface area contributed by atoms with Crippen LogP contribution in [0.15, 0.2) is 60.9 Å². The zero-order valence-electron chi connectivity index (χ0n) is 16.9. The van der Waals surface area contributed by atoms with Crippen LogP contribution in [0.4, 0.5) is 13.2 Å². The van der Waals surface area contributed by atoms with Gasteiger partial charge < -0.3 is 9.88 Å². The molecule has 162 valence electrons. The Morgan fingerprint density at radius 1 is 1.10 bits per heavy atom. The van der Waals surface area contributed by atoms with Gasteiger partial charge in [-0.2, -0.15) is 18.3 Å². The van der Waals surface area contributed by atoms with Crippen molar-refractivity contribution in [2.24, 2.45) is 0 Å². The minimum atomic E-state index is -4.21. The van der Waals surface area contributed by atoms with Gasteiger partial charge in [-0.05, 0) is 44.8 Å². The van der Waals surface area contributed by atoms with E-state index >= 15 is 0 Å². The second-order valence-electron chi connectivity index (χ2n) is 6.98. The van der Waals surface area contributed by atoms with E-state index < -0.39 is 11.7 Å². The summed E-state index contributed by atoms with van der Waals surface area (Å²) in [5, 5.41) is 7.53. The number of carbonyl (C=O) groups is 1. The predicted octanol–water partition coefficient (Wildman–Crippen LogP) is 4.79. The molecular formula is C22H22F3N5O. The third-order valence-corrected chi connectivity index (χ3v) is 4.60. The standard InChI is InChI=1S/C11H8N4O.C7H5F3.C4H9N/c16-6-9-3-7-1-2-10(15-11(7)14-9)8-4-12-13-5-8;8-7(9,10)6-4-2-1-3-5-6;1-5-3-2-4-5/h1-6H,(H,12,13)(H,14,15);1-5H;2-4H2,1H3. The van der Waals surface area contributed by atoms with Gasteiger partial charge in [0.25, 0.3) is 0 Å². The van der Waals surface area contributed by atoms with Crippen LogP contribution in [-0.4, -0.2) is 51.5 Å². The average molecular weight is 429 g/mol. The maximum atomic E-state index is 11.8. The van der Waals surface area contributed by atoms with Crippen molar-refractivity contribution in [2.45, 2.75) is 12.6 Å². The number of alkyl halides is 3. The molecule has 1 aliphatic rings. The molecule has 0 spiro atoms. The van der Waals surface area contributed by atoms with E-state index in [9.17, 15) is 18.0 Å². The van der Waals surface area contributed by atoms with E-state index in [1.54, 1.807) is 24.5 Å². The molecule has 3 aromatic heterocycles. The Bertz CT molecular complexity index is 1090. The summed E-state index contributed by atoms with van der Waals surface area (Å²) in [4.78, 5) is 20.3. The lowest BCUT2D eigenvalue weighted by molar-refractivity contribution is -0.137. The molecule has 4 heterocycles. The number of aldehydes is 1. The van der Waals surface area contributed by atoms with Crippen LogP contribution in [0.5, 0.6) is 0 Å². The van der Waals surface area contributed by atoms with E-state index in [-0.39, 0.29) is 0 Å². The van der Waals surface area contributed by atoms with Crippen molar-refractivity contribution in [2.75, 3.05) is 20.1 Å². The van der Waals surface area contributed by atoms with Crippen LogP contribution in [0.3, 0.4) is 0 Å². The quantitative estimate of drug-likeness (QED) is 0.449. The summed E-state index contributed by atoms with van der Waals surface area (Å²) in [6, 6.07) is 12.0. The minimum Gasteiger partial charge on any atom is -0.337 e. The third-order valence-electron chi connectivity index (χ3n) is 4.60. The predicted molar refractivity (Wildman–Crippen MR) is 113 cm³/mol. The number of aromatic amines is 2. The van der Waals surface area contributed by atoms with Gasteiger partial charge in [0.15, 0.2) is 6.29 Å². The highest BCUT2D eigenvalue weighted by molar-refractivity contribution is 5.86. The van der Waals surface area contributed by atoms with E-state index in [0.29, 0.717) is 11.3 Å². The molecular weight excluding hydrogens is 407 g/mol. The molecule has 6 nitrogen and oxygen atoms in total. The van der Waals surface area contributed by atoms with Crippen molar-refractivity contribution in [1.82, 2.24) is 25.1 Å². The minimum absolute atomic E-state index is 0.534. The number of fused-ring (bicyclic) bond motifs is 1. The SMILES string of the molecule is CN1CCC1.FC(F)(F)c1ccccc1.O=Cc1cc2ccc(-c3cn[nH]c3)nc2[nH]1. The highest BCUT2D eigenvalue weighted by Gasteiger charge is 2.29. The molecule has 0 atom stereocenters. The number of halogens is 3. The number of aromatic nitrogens is 4. The van der Waals surface area contributed by atoms with Gasteiger partial charge in [-0.15, -0.1) is 0 Å². The molecule has 31 heavy (non-hydrogen) atoms. The molecule has 0 saturated carbocycles. The van der Waals surface area contributed by atoms with Crippen LogP contribution >= 0.6 is 0 Å². The monoisotopic (exact) mass is 429 g/mol. The van der Waals surface area contributed by atoms with Crippen molar-refractivity contribution < 1.29 is 18.0 Å². The molecule has 0 bridgehead atoms. The van der Waals surface area contributed by atoms with E-state index in [0.717, 1.165) is 35.1 Å². The van der Waals surface area contributed by atoms with E-state index in [1.165, 1.54) is 31.6 Å². The first-order chi connectivity index (χ1) is 14.9. The molecule has 0 aliphatic carbocycles. The number of pyridine rings is 1. The lowest BCUT2D eigenvalue weighted by Gasteiger charge is -2.24. The van der Waals surface area contributed by atoms with Crippen molar-refractivity contribution >= 4 is 17.3 Å². The first kappa shape index (κ1) is 22.2. The number of carbonyl (C=O) groups excluding carboxylic acids is 1. The second kappa shape index (κ2) is 10.0. The summed E-state index contributed by atoms with van der Waals surface area (Å²) in [7, 11) is 2.14. The lowest BCUT2D eigenvalue weighted by atomic mass is 10.2. The highest BCUT2D eigenvalue weighted by Crippen LogP contribution is 2.28. The Morgan fingerprint density at radius 3 is 2.29 bits per heavy atom. The molecule has 0 amide bonds. The molecule has 4 aromatic rings. The Kier molecular flexibility index (Phi) is 7.19. The number of benzene rings is 1. The van der Waals surface area contributed by atoms with Gasteiger partial charge in [-0.1, -0.05) is 30.3 Å². The zero-order valence-corrected chi connectivity index (χ0v) is 16.9. The number of likely N-dealkylation sites (tertiary alicyclic amines) is 1. The summed E-state index contributed by atoms with van der Waals surface area (Å²) in [5.41, 5.74) is 2.38. The molecule has 1 fully saturated rings. The number of hydrogen-bond donors (Lipinski definition) is 2. The summed E-state index contributed by atoms with van der Waals surface area (Å²) < 4.78 is 35.4. The van der Waals surface area contributed by atoms with Gasteiger partial charge in [0.05, 0.1) is 23.1 Å². The van der Waals surface area contributed by atoms with Crippen LogP contribution in [0, 0.1) is 0 Å². The van der Waals surface area contributed by atoms with Gasteiger partial charge in [-0.25, -0.2) is 4.98 Å². The van der Waals surface area contributed by atoms with Crippen LogP contribution in [0.1, 0.15) is 22.5 Å². The largest absolute Gasteiger partial charge is 0.416 e. The highest BCUT2D eigenvalue weighted by atomic mass is 19.4. The van der Waals surface area contributed by atoms with Crippen molar-refractivity contribution in [3.05, 3.63) is 72.2 Å². The smallest absolute Gasteiger partial charge is 0.337 e. The zero-order chi connectivity index (χ0) is 22.3. The van der Waals surface area contributed by atoms with Gasteiger partial charge in [0.1, 0.15) is 5.65 Å². The fraction of sp³-hybridized carbons (Fsp3) is 0.227. The fourth-order valence-electron chi connectivity index (χ4n) is 2.74. The summed E-state index contributed by atoms with van der Waals surface area (Å²) in [6.45, 7) is 2.64. The van der Waals surface area contributed by atoms with E-state index in [2.05, 4.69) is 32.1 Å². The van der Waals surface area contributed by atoms with Crippen molar-refractivity contribution in [3.8, 4) is 11.3 Å². The Morgan fingerprint density at radius 2 is 1.81 bits per heavy atom. The molecule has 5 rings (SSSR count). The van der Waals surface area contributed by atoms with E-state index in [1.807, 2.05) is 12.1 Å². The first-order valence-electron chi connectivity index (χ1n) is 9.61. The normalized spacial score (nSPS) is 13.4. The Labute approximate surface area is 177 Å². The third kappa shape index (κ3) is 6.26. The van der Waals surface area contributed by atoms with Crippen LogP contribution in [0.2, 0.25) is 0 Å². The Balaban J connectivity index is 0.000000154. The molecule has 1 aliphatic heterocycles. The number of rotatable bonds is 2. The molecule has 1 aromatic carbocycles. The average Bonchev–Trinajstić information content (AvgIpc) is 3.42. The van der Waals surface area contributed by atoms with Crippen LogP contribution in [0.25, 0.3) is 22.3 Å². The summed E-state index contributed by atoms with van der Waals surface area (Å²) in [5.74, 6) is 0. The summed E-state index contributed by atoms with van der Waals surface area (Å²) >= 11 is 0. The fourth-order valence-corrected chi connectivity index (χ4v) is 2.74.